The van der Waals surface area contributed by atoms with Gasteiger partial charge in [-0.3, -0.25) is 4.79 Å². The van der Waals surface area contributed by atoms with Crippen LogP contribution in [-0.4, -0.2) is 27.9 Å². The number of aliphatic hydroxyl groups excluding tert-OH is 2. The van der Waals surface area contributed by atoms with Crippen LogP contribution in [0.4, 0.5) is 0 Å². The van der Waals surface area contributed by atoms with Crippen LogP contribution >= 0.6 is 0 Å². The number of aromatic nitrogens is 1. The fourth-order valence-electron chi connectivity index (χ4n) is 13.0. The van der Waals surface area contributed by atoms with Crippen LogP contribution in [0.1, 0.15) is 104 Å². The lowest BCUT2D eigenvalue weighted by atomic mass is 9.32. The van der Waals surface area contributed by atoms with Crippen LogP contribution in [0.25, 0.3) is 0 Å². The molecule has 5 aliphatic carbocycles. The van der Waals surface area contributed by atoms with Gasteiger partial charge in [-0.05, 0) is 133 Å². The fraction of sp³-hybridized carbons (Fsp3) is 0.784. The summed E-state index contributed by atoms with van der Waals surface area (Å²) in [7, 11) is 0. The standard InChI is InChI=1S/C37H55NO4/c1-24(20-38-19-7-8-25(21-38)22-39)26-11-16-37(23-40)18-17-35(5)27(31(26)37)9-10-30-34(4)14-12-28(32(41)42)33(2,3)29(34)13-15-36(30,35)6/h7-8,19,21,26-31,39-40H,1,9-18,20,22-23H2,2-6H3/p+1/t26-,27?,28?,29?,30?,31?,34-,35+,36+,37+/m0/s1. The van der Waals surface area contributed by atoms with Crippen molar-refractivity contribution in [3.05, 3.63) is 42.2 Å². The molecule has 0 spiro atoms. The molecule has 0 amide bonds. The van der Waals surface area contributed by atoms with Gasteiger partial charge in [0, 0.05) is 18.2 Å². The molecule has 1 heterocycles. The lowest BCUT2D eigenvalue weighted by Crippen LogP contribution is -2.66. The lowest BCUT2D eigenvalue weighted by molar-refractivity contribution is -0.690. The maximum Gasteiger partial charge on any atom is 0.307 e. The second kappa shape index (κ2) is 10.2. The predicted octanol–water partition coefficient (Wildman–Crippen LogP) is 6.80. The third-order valence-corrected chi connectivity index (χ3v) is 15.3. The van der Waals surface area contributed by atoms with Gasteiger partial charge in [-0.25, -0.2) is 4.57 Å². The number of nitrogens with zero attached hydrogens (tertiary/aromatic N) is 1. The minimum absolute atomic E-state index is 0.00123. The van der Waals surface area contributed by atoms with Gasteiger partial charge in [-0.15, -0.1) is 0 Å². The first-order valence-electron chi connectivity index (χ1n) is 16.9. The molecule has 5 fully saturated rings. The highest BCUT2D eigenvalue weighted by atomic mass is 16.4. The van der Waals surface area contributed by atoms with E-state index in [1.54, 1.807) is 0 Å². The molecule has 1 aromatic rings. The molecule has 5 nitrogen and oxygen atoms in total. The van der Waals surface area contributed by atoms with E-state index >= 15 is 0 Å². The summed E-state index contributed by atoms with van der Waals surface area (Å²) in [6.45, 7) is 18.1. The van der Waals surface area contributed by atoms with E-state index in [4.69, 9.17) is 6.58 Å². The second-order valence-corrected chi connectivity index (χ2v) is 16.8. The van der Waals surface area contributed by atoms with Crippen molar-refractivity contribution in [1.29, 1.82) is 0 Å². The van der Waals surface area contributed by atoms with Crippen LogP contribution in [0.3, 0.4) is 0 Å². The monoisotopic (exact) mass is 578 g/mol. The molecule has 5 saturated carbocycles. The second-order valence-electron chi connectivity index (χ2n) is 16.8. The van der Waals surface area contributed by atoms with Crippen molar-refractivity contribution in [2.45, 2.75) is 112 Å². The van der Waals surface area contributed by atoms with Crippen LogP contribution in [0.15, 0.2) is 36.7 Å². The van der Waals surface area contributed by atoms with Crippen LogP contribution in [0.5, 0.6) is 0 Å². The molecule has 3 N–H and O–H groups in total. The highest BCUT2D eigenvalue weighted by Gasteiger charge is 2.71. The molecule has 6 rings (SSSR count). The summed E-state index contributed by atoms with van der Waals surface area (Å²) >= 11 is 0. The number of carboxylic acids is 1. The van der Waals surface area contributed by atoms with E-state index in [-0.39, 0.29) is 46.2 Å². The van der Waals surface area contributed by atoms with Gasteiger partial charge in [0.15, 0.2) is 18.9 Å². The maximum absolute atomic E-state index is 12.3. The van der Waals surface area contributed by atoms with Gasteiger partial charge in [0.1, 0.15) is 0 Å². The highest BCUT2D eigenvalue weighted by Crippen LogP contribution is 2.77. The summed E-state index contributed by atoms with van der Waals surface area (Å²) in [4.78, 5) is 12.3. The van der Waals surface area contributed by atoms with Gasteiger partial charge in [0.25, 0.3) is 0 Å². The third-order valence-electron chi connectivity index (χ3n) is 15.3. The van der Waals surface area contributed by atoms with E-state index in [0.717, 1.165) is 50.6 Å². The molecular formula is C37H56NO4+. The number of rotatable bonds is 6. The number of carboxylic acid groups (broad SMARTS) is 1. The Morgan fingerprint density at radius 2 is 1.69 bits per heavy atom. The SMILES string of the molecule is C=C(C[n+]1cccc(CO)c1)[C@@H]1CC[C@]2(CO)CC[C@]3(C)C(CCC4[C@@]5(C)CCC(C(=O)O)C(C)(C)C5CC[C@]43C)C12. The largest absolute Gasteiger partial charge is 0.481 e. The van der Waals surface area contributed by atoms with Crippen molar-refractivity contribution < 1.29 is 24.7 Å². The average molecular weight is 579 g/mol. The normalized spacial score (nSPS) is 45.7. The van der Waals surface area contributed by atoms with E-state index in [0.29, 0.717) is 29.6 Å². The molecule has 5 unspecified atom stereocenters. The number of carbonyl (C=O) groups is 1. The Morgan fingerprint density at radius 1 is 0.929 bits per heavy atom. The Morgan fingerprint density at radius 3 is 2.38 bits per heavy atom. The molecule has 5 heteroatoms. The number of aliphatic carboxylic acids is 1. The summed E-state index contributed by atoms with van der Waals surface area (Å²) < 4.78 is 2.17. The number of fused-ring (bicyclic) bond motifs is 7. The van der Waals surface area contributed by atoms with Crippen molar-refractivity contribution in [2.75, 3.05) is 6.61 Å². The van der Waals surface area contributed by atoms with Crippen molar-refractivity contribution in [1.82, 2.24) is 0 Å². The Kier molecular flexibility index (Phi) is 7.33. The number of allylic oxidation sites excluding steroid dienone is 1. The minimum atomic E-state index is -0.604. The maximum atomic E-state index is 12.3. The lowest BCUT2D eigenvalue weighted by Gasteiger charge is -2.73. The Labute approximate surface area is 253 Å². The van der Waals surface area contributed by atoms with E-state index in [1.165, 1.54) is 31.3 Å². The topological polar surface area (TPSA) is 81.6 Å². The molecule has 0 radical (unpaired) electrons. The first-order valence-corrected chi connectivity index (χ1v) is 16.9. The molecule has 0 aromatic carbocycles. The van der Waals surface area contributed by atoms with Crippen molar-refractivity contribution in [3.8, 4) is 0 Å². The van der Waals surface area contributed by atoms with Gasteiger partial charge >= 0.3 is 5.97 Å². The summed E-state index contributed by atoms with van der Waals surface area (Å²) in [5, 5.41) is 30.8. The smallest absolute Gasteiger partial charge is 0.307 e. The van der Waals surface area contributed by atoms with Crippen LogP contribution in [-0.2, 0) is 17.9 Å². The molecule has 42 heavy (non-hydrogen) atoms. The number of aliphatic hydroxyl groups is 2. The van der Waals surface area contributed by atoms with Crippen LogP contribution in [0.2, 0.25) is 0 Å². The molecule has 0 aliphatic heterocycles. The molecule has 232 valence electrons. The first kappa shape index (κ1) is 30.3. The van der Waals surface area contributed by atoms with E-state index in [1.807, 2.05) is 18.3 Å². The third kappa shape index (κ3) is 4.07. The van der Waals surface area contributed by atoms with Crippen molar-refractivity contribution in [3.63, 3.8) is 0 Å². The quantitative estimate of drug-likeness (QED) is 0.256. The van der Waals surface area contributed by atoms with Gasteiger partial charge in [0.2, 0.25) is 0 Å². The number of pyridine rings is 1. The summed E-state index contributed by atoms with van der Waals surface area (Å²) in [5.41, 5.74) is 2.60. The van der Waals surface area contributed by atoms with Crippen LogP contribution in [0, 0.1) is 62.6 Å². The molecule has 0 bridgehead atoms. The number of hydrogen-bond acceptors (Lipinski definition) is 3. The van der Waals surface area contributed by atoms with Gasteiger partial charge in [0.05, 0.1) is 12.5 Å². The molecule has 1 aromatic heterocycles. The predicted molar refractivity (Wildman–Crippen MR) is 164 cm³/mol. The van der Waals surface area contributed by atoms with Gasteiger partial charge < -0.3 is 15.3 Å². The zero-order valence-corrected chi connectivity index (χ0v) is 26.9. The fourth-order valence-corrected chi connectivity index (χ4v) is 13.0. The zero-order chi connectivity index (χ0) is 30.3. The van der Waals surface area contributed by atoms with Crippen molar-refractivity contribution >= 4 is 5.97 Å². The Bertz CT molecular complexity index is 1240. The van der Waals surface area contributed by atoms with Crippen LogP contribution < -0.4 is 4.57 Å². The van der Waals surface area contributed by atoms with Gasteiger partial charge in [-0.2, -0.15) is 0 Å². The van der Waals surface area contributed by atoms with Crippen molar-refractivity contribution in [2.24, 2.45) is 62.6 Å². The first-order chi connectivity index (χ1) is 19.8. The molecular weight excluding hydrogens is 522 g/mol. The highest BCUT2D eigenvalue weighted by molar-refractivity contribution is 5.71. The van der Waals surface area contributed by atoms with E-state index in [2.05, 4.69) is 45.4 Å². The Balaban J connectivity index is 1.32. The Hall–Kier alpha value is -1.72. The van der Waals surface area contributed by atoms with Gasteiger partial charge in [-0.1, -0.05) is 41.2 Å². The number of hydrogen-bond donors (Lipinski definition) is 3. The van der Waals surface area contributed by atoms with E-state index in [9.17, 15) is 20.1 Å². The zero-order valence-electron chi connectivity index (χ0n) is 26.9. The molecule has 5 aliphatic rings. The summed E-state index contributed by atoms with van der Waals surface area (Å²) in [6.07, 6.45) is 15.2. The molecule has 0 saturated heterocycles. The minimum Gasteiger partial charge on any atom is -0.481 e. The van der Waals surface area contributed by atoms with E-state index < -0.39 is 5.97 Å². The average Bonchev–Trinajstić information content (AvgIpc) is 3.33. The molecule has 10 atom stereocenters. The summed E-state index contributed by atoms with van der Waals surface area (Å²) in [6, 6.07) is 3.97. The summed E-state index contributed by atoms with van der Waals surface area (Å²) in [5.74, 6) is 1.65.